The summed E-state index contributed by atoms with van der Waals surface area (Å²) in [6, 6.07) is 5.87. The van der Waals surface area contributed by atoms with Crippen molar-refractivity contribution in [3.05, 3.63) is 50.1 Å². The molecule has 1 fully saturated rings. The van der Waals surface area contributed by atoms with E-state index in [1.807, 2.05) is 18.2 Å². The SMILES string of the molecule is Nc1nc(NC2CCN(Cc3ccc(Cl)c(Cl)c3)CC2)ncc1[N+](=O)[O-]. The van der Waals surface area contributed by atoms with Crippen LogP contribution in [0, 0.1) is 10.1 Å². The minimum atomic E-state index is -0.597. The third kappa shape index (κ3) is 4.51. The molecular weight excluding hydrogens is 379 g/mol. The van der Waals surface area contributed by atoms with Crippen molar-refractivity contribution in [1.82, 2.24) is 14.9 Å². The fraction of sp³-hybridized carbons (Fsp3) is 0.375. The topological polar surface area (TPSA) is 110 Å². The average Bonchev–Trinajstić information content (AvgIpc) is 2.60. The Hall–Kier alpha value is -2.16. The molecule has 0 bridgehead atoms. The standard InChI is InChI=1S/C16H18Cl2N6O2/c17-12-2-1-10(7-13(12)18)9-23-5-3-11(4-6-23)21-16-20-8-14(24(25)26)15(19)22-16/h1-2,7-8,11H,3-6,9H2,(H3,19,20,21,22). The molecular formula is C16H18Cl2N6O2. The van der Waals surface area contributed by atoms with Crippen LogP contribution in [-0.2, 0) is 6.54 Å². The molecule has 8 nitrogen and oxygen atoms in total. The van der Waals surface area contributed by atoms with Crippen molar-refractivity contribution in [1.29, 1.82) is 0 Å². The van der Waals surface area contributed by atoms with Crippen molar-refractivity contribution >= 4 is 40.7 Å². The first-order valence-electron chi connectivity index (χ1n) is 8.12. The Morgan fingerprint density at radius 2 is 2.04 bits per heavy atom. The highest BCUT2D eigenvalue weighted by atomic mass is 35.5. The molecule has 10 heteroatoms. The number of nitro groups is 1. The van der Waals surface area contributed by atoms with E-state index in [1.54, 1.807) is 0 Å². The summed E-state index contributed by atoms with van der Waals surface area (Å²) in [5, 5.41) is 15.1. The van der Waals surface area contributed by atoms with Gasteiger partial charge in [0.15, 0.2) is 0 Å². The number of rotatable bonds is 5. The number of nitrogens with two attached hydrogens (primary N) is 1. The average molecular weight is 397 g/mol. The van der Waals surface area contributed by atoms with Crippen molar-refractivity contribution < 1.29 is 4.92 Å². The van der Waals surface area contributed by atoms with Crippen LogP contribution in [0.25, 0.3) is 0 Å². The maximum atomic E-state index is 10.8. The van der Waals surface area contributed by atoms with Crippen LogP contribution in [0.4, 0.5) is 17.5 Å². The van der Waals surface area contributed by atoms with Crippen LogP contribution in [0.2, 0.25) is 10.0 Å². The van der Waals surface area contributed by atoms with Gasteiger partial charge in [-0.25, -0.2) is 4.98 Å². The lowest BCUT2D eigenvalue weighted by molar-refractivity contribution is -0.384. The number of anilines is 2. The fourth-order valence-electron chi connectivity index (χ4n) is 2.91. The van der Waals surface area contributed by atoms with E-state index in [4.69, 9.17) is 28.9 Å². The number of nitrogen functional groups attached to an aromatic ring is 1. The molecule has 138 valence electrons. The van der Waals surface area contributed by atoms with Crippen LogP contribution >= 0.6 is 23.2 Å². The summed E-state index contributed by atoms with van der Waals surface area (Å²) in [6.07, 6.45) is 2.94. The van der Waals surface area contributed by atoms with Crippen LogP contribution in [0.3, 0.4) is 0 Å². The van der Waals surface area contributed by atoms with E-state index >= 15 is 0 Å². The highest BCUT2D eigenvalue weighted by Crippen LogP contribution is 2.25. The number of hydrogen-bond donors (Lipinski definition) is 2. The van der Waals surface area contributed by atoms with E-state index in [-0.39, 0.29) is 17.5 Å². The molecule has 0 atom stereocenters. The number of nitrogens with one attached hydrogen (secondary N) is 1. The van der Waals surface area contributed by atoms with Crippen LogP contribution in [0.15, 0.2) is 24.4 Å². The smallest absolute Gasteiger partial charge is 0.329 e. The predicted molar refractivity (Wildman–Crippen MR) is 101 cm³/mol. The van der Waals surface area contributed by atoms with Crippen LogP contribution in [0.1, 0.15) is 18.4 Å². The Labute approximate surface area is 160 Å². The first-order chi connectivity index (χ1) is 12.4. The summed E-state index contributed by atoms with van der Waals surface area (Å²) in [5.41, 5.74) is 6.43. The summed E-state index contributed by atoms with van der Waals surface area (Å²) >= 11 is 12.0. The monoisotopic (exact) mass is 396 g/mol. The number of likely N-dealkylation sites (tertiary alicyclic amines) is 1. The molecule has 3 rings (SSSR count). The van der Waals surface area contributed by atoms with Gasteiger partial charge in [-0.05, 0) is 30.5 Å². The van der Waals surface area contributed by atoms with Gasteiger partial charge in [-0.1, -0.05) is 29.3 Å². The number of aromatic nitrogens is 2. The predicted octanol–water partition coefficient (Wildman–Crippen LogP) is 3.35. The Morgan fingerprint density at radius 3 is 2.65 bits per heavy atom. The minimum absolute atomic E-state index is 0.135. The molecule has 26 heavy (non-hydrogen) atoms. The van der Waals surface area contributed by atoms with E-state index in [0.29, 0.717) is 16.0 Å². The Morgan fingerprint density at radius 1 is 1.31 bits per heavy atom. The van der Waals surface area contributed by atoms with E-state index < -0.39 is 4.92 Å². The van der Waals surface area contributed by atoms with E-state index in [2.05, 4.69) is 20.2 Å². The lowest BCUT2D eigenvalue weighted by atomic mass is 10.0. The molecule has 1 saturated heterocycles. The van der Waals surface area contributed by atoms with E-state index in [9.17, 15) is 10.1 Å². The Kier molecular flexibility index (Phi) is 5.75. The largest absolute Gasteiger partial charge is 0.378 e. The number of piperidine rings is 1. The minimum Gasteiger partial charge on any atom is -0.378 e. The zero-order valence-corrected chi connectivity index (χ0v) is 15.4. The third-order valence-corrected chi connectivity index (χ3v) is 5.04. The van der Waals surface area contributed by atoms with Crippen molar-refractivity contribution in [3.63, 3.8) is 0 Å². The molecule has 0 radical (unpaired) electrons. The molecule has 1 aromatic carbocycles. The number of nitrogens with zero attached hydrogens (tertiary/aromatic N) is 4. The van der Waals surface area contributed by atoms with Gasteiger partial charge < -0.3 is 11.1 Å². The van der Waals surface area contributed by atoms with Gasteiger partial charge >= 0.3 is 5.69 Å². The van der Waals surface area contributed by atoms with Gasteiger partial charge in [0.1, 0.15) is 6.20 Å². The molecule has 2 heterocycles. The second-order valence-corrected chi connectivity index (χ2v) is 6.98. The van der Waals surface area contributed by atoms with Crippen LogP contribution in [0.5, 0.6) is 0 Å². The molecule has 0 saturated carbocycles. The highest BCUT2D eigenvalue weighted by molar-refractivity contribution is 6.42. The quantitative estimate of drug-likeness (QED) is 0.588. The van der Waals surface area contributed by atoms with Gasteiger partial charge in [-0.15, -0.1) is 0 Å². The van der Waals surface area contributed by atoms with Gasteiger partial charge in [0.05, 0.1) is 15.0 Å². The molecule has 1 aliphatic rings. The van der Waals surface area contributed by atoms with E-state index in [0.717, 1.165) is 44.2 Å². The van der Waals surface area contributed by atoms with Gasteiger partial charge in [0.2, 0.25) is 11.8 Å². The van der Waals surface area contributed by atoms with Crippen molar-refractivity contribution in [2.45, 2.75) is 25.4 Å². The molecule has 0 unspecified atom stereocenters. The van der Waals surface area contributed by atoms with Crippen molar-refractivity contribution in [3.8, 4) is 0 Å². The number of halogens is 2. The first-order valence-corrected chi connectivity index (χ1v) is 8.87. The van der Waals surface area contributed by atoms with Gasteiger partial charge in [0.25, 0.3) is 0 Å². The van der Waals surface area contributed by atoms with Gasteiger partial charge in [0, 0.05) is 25.7 Å². The highest BCUT2D eigenvalue weighted by Gasteiger charge is 2.21. The lowest BCUT2D eigenvalue weighted by Crippen LogP contribution is -2.39. The fourth-order valence-corrected chi connectivity index (χ4v) is 3.23. The van der Waals surface area contributed by atoms with Gasteiger partial charge in [-0.2, -0.15) is 4.98 Å². The summed E-state index contributed by atoms with van der Waals surface area (Å²) in [4.78, 5) is 20.4. The maximum absolute atomic E-state index is 10.8. The second-order valence-electron chi connectivity index (χ2n) is 6.16. The molecule has 1 aliphatic heterocycles. The van der Waals surface area contributed by atoms with Crippen molar-refractivity contribution in [2.75, 3.05) is 24.1 Å². The van der Waals surface area contributed by atoms with Crippen LogP contribution < -0.4 is 11.1 Å². The van der Waals surface area contributed by atoms with Crippen LogP contribution in [-0.4, -0.2) is 38.9 Å². The summed E-state index contributed by atoms with van der Waals surface area (Å²) in [6.45, 7) is 2.62. The molecule has 0 aliphatic carbocycles. The Balaban J connectivity index is 1.53. The lowest BCUT2D eigenvalue weighted by Gasteiger charge is -2.32. The van der Waals surface area contributed by atoms with E-state index in [1.165, 1.54) is 0 Å². The zero-order valence-electron chi connectivity index (χ0n) is 13.9. The first kappa shape index (κ1) is 18.6. The summed E-state index contributed by atoms with van der Waals surface area (Å²) < 4.78 is 0. The number of benzene rings is 1. The normalized spacial score (nSPS) is 15.8. The molecule has 3 N–H and O–H groups in total. The summed E-state index contributed by atoms with van der Waals surface area (Å²) in [5.74, 6) is 0.181. The number of hydrogen-bond acceptors (Lipinski definition) is 7. The third-order valence-electron chi connectivity index (χ3n) is 4.31. The summed E-state index contributed by atoms with van der Waals surface area (Å²) in [7, 11) is 0. The van der Waals surface area contributed by atoms with Crippen molar-refractivity contribution in [2.24, 2.45) is 0 Å². The molecule has 0 spiro atoms. The molecule has 1 aromatic heterocycles. The Bertz CT molecular complexity index is 811. The second kappa shape index (κ2) is 8.03. The molecule has 2 aromatic rings. The van der Waals surface area contributed by atoms with Gasteiger partial charge in [-0.3, -0.25) is 15.0 Å². The molecule has 0 amide bonds. The zero-order chi connectivity index (χ0) is 18.7. The maximum Gasteiger partial charge on any atom is 0.329 e.